The van der Waals surface area contributed by atoms with Crippen molar-refractivity contribution in [1.82, 2.24) is 0 Å². The Balaban J connectivity index is 1.40. The Morgan fingerprint density at radius 2 is 1.53 bits per heavy atom. The molecule has 0 spiro atoms. The summed E-state index contributed by atoms with van der Waals surface area (Å²) in [7, 11) is 0. The molecule has 5 heteroatoms. The van der Waals surface area contributed by atoms with Crippen molar-refractivity contribution < 1.29 is 19.4 Å². The molecule has 1 aliphatic rings. The molecule has 192 valence electrons. The van der Waals surface area contributed by atoms with Crippen molar-refractivity contribution in [2.75, 3.05) is 4.90 Å². The Hall–Kier alpha value is -4.38. The fourth-order valence-corrected chi connectivity index (χ4v) is 5.04. The third-order valence-electron chi connectivity index (χ3n) is 7.17. The van der Waals surface area contributed by atoms with Crippen LogP contribution in [0.4, 0.5) is 5.69 Å². The molecule has 1 aliphatic carbocycles. The van der Waals surface area contributed by atoms with Crippen molar-refractivity contribution in [3.63, 3.8) is 0 Å². The summed E-state index contributed by atoms with van der Waals surface area (Å²) >= 11 is 0. The fraction of sp³-hybridized carbons (Fsp3) is 0.212. The highest BCUT2D eigenvalue weighted by molar-refractivity contribution is 6.06. The van der Waals surface area contributed by atoms with Gasteiger partial charge >= 0.3 is 0 Å². The van der Waals surface area contributed by atoms with Crippen LogP contribution < -0.4 is 9.64 Å². The fourth-order valence-electron chi connectivity index (χ4n) is 5.04. The van der Waals surface area contributed by atoms with Crippen molar-refractivity contribution in [3.8, 4) is 17.2 Å². The molecule has 0 bridgehead atoms. The van der Waals surface area contributed by atoms with Crippen LogP contribution in [0, 0.1) is 0 Å². The molecule has 1 N–H and O–H groups in total. The number of rotatable bonds is 8. The van der Waals surface area contributed by atoms with Gasteiger partial charge in [-0.05, 0) is 84.5 Å². The highest BCUT2D eigenvalue weighted by atomic mass is 16.5. The van der Waals surface area contributed by atoms with Crippen LogP contribution in [0.15, 0.2) is 97.1 Å². The number of ether oxygens (including phenoxy) is 1. The highest BCUT2D eigenvalue weighted by Gasteiger charge is 2.21. The number of hydrogen-bond donors (Lipinski definition) is 1. The standard InChI is InChI=1S/C33H31NO4/c35-23-28-21-29(17-20-32(28)36)34(22-24-11-13-26(14-12-24)25-7-3-1-4-8-25)33(37)27-15-18-31(19-16-27)38-30-9-5-2-6-10-30/h2,5-6,9-21,23,25,36H,1,3-4,7-8,22H2. The van der Waals surface area contributed by atoms with E-state index < -0.39 is 0 Å². The predicted molar refractivity (Wildman–Crippen MR) is 149 cm³/mol. The number of carbonyl (C=O) groups is 2. The number of amides is 1. The van der Waals surface area contributed by atoms with Crippen LogP contribution in [0.5, 0.6) is 17.2 Å². The van der Waals surface area contributed by atoms with Gasteiger partial charge in [-0.1, -0.05) is 61.7 Å². The maximum atomic E-state index is 13.8. The van der Waals surface area contributed by atoms with Gasteiger partial charge in [0.2, 0.25) is 0 Å². The smallest absolute Gasteiger partial charge is 0.258 e. The van der Waals surface area contributed by atoms with Crippen LogP contribution in [-0.2, 0) is 6.54 Å². The molecule has 1 saturated carbocycles. The molecule has 0 heterocycles. The van der Waals surface area contributed by atoms with Gasteiger partial charge in [0.05, 0.1) is 12.1 Å². The molecule has 0 aliphatic heterocycles. The molecule has 0 saturated heterocycles. The van der Waals surface area contributed by atoms with Crippen molar-refractivity contribution in [3.05, 3.63) is 119 Å². The molecule has 0 aromatic heterocycles. The highest BCUT2D eigenvalue weighted by Crippen LogP contribution is 2.33. The van der Waals surface area contributed by atoms with Gasteiger partial charge in [-0.3, -0.25) is 9.59 Å². The summed E-state index contributed by atoms with van der Waals surface area (Å²) in [4.78, 5) is 26.9. The molecule has 38 heavy (non-hydrogen) atoms. The van der Waals surface area contributed by atoms with Gasteiger partial charge in [-0.2, -0.15) is 0 Å². The molecule has 4 aromatic rings. The number of phenolic OH excluding ortho intramolecular Hbond substituents is 1. The molecule has 4 aromatic carbocycles. The van der Waals surface area contributed by atoms with E-state index in [1.54, 1.807) is 41.3 Å². The summed E-state index contributed by atoms with van der Waals surface area (Å²) < 4.78 is 5.87. The Bertz CT molecular complexity index is 1380. The van der Waals surface area contributed by atoms with Crippen LogP contribution in [0.25, 0.3) is 0 Å². The van der Waals surface area contributed by atoms with Crippen molar-refractivity contribution in [2.45, 2.75) is 44.6 Å². The average molecular weight is 506 g/mol. The Morgan fingerprint density at radius 3 is 2.21 bits per heavy atom. The van der Waals surface area contributed by atoms with Crippen LogP contribution in [0.3, 0.4) is 0 Å². The molecule has 5 rings (SSSR count). The van der Waals surface area contributed by atoms with Crippen molar-refractivity contribution in [1.29, 1.82) is 0 Å². The normalized spacial score (nSPS) is 13.6. The SMILES string of the molecule is O=Cc1cc(N(Cc2ccc(C3CCCCC3)cc2)C(=O)c2ccc(Oc3ccccc3)cc2)ccc1O. The second kappa shape index (κ2) is 11.8. The first-order valence-corrected chi connectivity index (χ1v) is 13.1. The minimum Gasteiger partial charge on any atom is -0.507 e. The first kappa shape index (κ1) is 25.3. The number of nitrogens with zero attached hydrogens (tertiary/aromatic N) is 1. The first-order valence-electron chi connectivity index (χ1n) is 13.1. The minimum absolute atomic E-state index is 0.115. The largest absolute Gasteiger partial charge is 0.507 e. The summed E-state index contributed by atoms with van der Waals surface area (Å²) in [5.74, 6) is 1.63. The summed E-state index contributed by atoms with van der Waals surface area (Å²) in [6.45, 7) is 0.328. The van der Waals surface area contributed by atoms with E-state index >= 15 is 0 Å². The van der Waals surface area contributed by atoms with Gasteiger partial charge in [0.25, 0.3) is 5.91 Å². The molecular weight excluding hydrogens is 474 g/mol. The van der Waals surface area contributed by atoms with Gasteiger partial charge in [-0.25, -0.2) is 0 Å². The Labute approximate surface area is 223 Å². The van der Waals surface area contributed by atoms with E-state index in [0.29, 0.717) is 35.7 Å². The minimum atomic E-state index is -0.213. The number of phenols is 1. The quantitative estimate of drug-likeness (QED) is 0.247. The topological polar surface area (TPSA) is 66.8 Å². The second-order valence-corrected chi connectivity index (χ2v) is 9.77. The van der Waals surface area contributed by atoms with Crippen LogP contribution in [-0.4, -0.2) is 17.3 Å². The van der Waals surface area contributed by atoms with E-state index in [4.69, 9.17) is 4.74 Å². The molecule has 1 fully saturated rings. The van der Waals surface area contributed by atoms with E-state index in [1.165, 1.54) is 43.7 Å². The predicted octanol–water partition coefficient (Wildman–Crippen LogP) is 7.89. The van der Waals surface area contributed by atoms with Gasteiger partial charge in [0, 0.05) is 11.3 Å². The van der Waals surface area contributed by atoms with Gasteiger partial charge < -0.3 is 14.7 Å². The number of anilines is 1. The monoisotopic (exact) mass is 505 g/mol. The van der Waals surface area contributed by atoms with Gasteiger partial charge in [0.15, 0.2) is 6.29 Å². The van der Waals surface area contributed by atoms with E-state index in [9.17, 15) is 14.7 Å². The number of aldehydes is 1. The summed E-state index contributed by atoms with van der Waals surface area (Å²) in [6.07, 6.45) is 6.94. The number of benzene rings is 4. The van der Waals surface area contributed by atoms with Gasteiger partial charge in [0.1, 0.15) is 17.2 Å². The van der Waals surface area contributed by atoms with Crippen LogP contribution >= 0.6 is 0 Å². The van der Waals surface area contributed by atoms with E-state index in [0.717, 1.165) is 11.3 Å². The number of aromatic hydroxyl groups is 1. The molecule has 0 atom stereocenters. The van der Waals surface area contributed by atoms with E-state index in [2.05, 4.69) is 24.3 Å². The van der Waals surface area contributed by atoms with E-state index in [-0.39, 0.29) is 17.2 Å². The Kier molecular flexibility index (Phi) is 7.84. The van der Waals surface area contributed by atoms with Gasteiger partial charge in [-0.15, -0.1) is 0 Å². The molecule has 1 amide bonds. The average Bonchev–Trinajstić information content (AvgIpc) is 2.98. The van der Waals surface area contributed by atoms with E-state index in [1.807, 2.05) is 30.3 Å². The summed E-state index contributed by atoms with van der Waals surface area (Å²) in [5, 5.41) is 10.0. The lowest BCUT2D eigenvalue weighted by atomic mass is 9.84. The zero-order valence-electron chi connectivity index (χ0n) is 21.3. The maximum absolute atomic E-state index is 13.8. The zero-order valence-corrected chi connectivity index (χ0v) is 21.3. The number of hydrogen-bond acceptors (Lipinski definition) is 4. The lowest BCUT2D eigenvalue weighted by Crippen LogP contribution is -2.30. The van der Waals surface area contributed by atoms with Crippen molar-refractivity contribution >= 4 is 17.9 Å². The van der Waals surface area contributed by atoms with Crippen LogP contribution in [0.2, 0.25) is 0 Å². The lowest BCUT2D eigenvalue weighted by Gasteiger charge is -2.25. The first-order chi connectivity index (χ1) is 18.6. The zero-order chi connectivity index (χ0) is 26.3. The molecule has 0 radical (unpaired) electrons. The summed E-state index contributed by atoms with van der Waals surface area (Å²) in [5.41, 5.74) is 3.51. The number of para-hydroxylation sites is 1. The molecule has 5 nitrogen and oxygen atoms in total. The molecular formula is C33H31NO4. The lowest BCUT2D eigenvalue weighted by molar-refractivity contribution is 0.0984. The van der Waals surface area contributed by atoms with Crippen LogP contribution in [0.1, 0.15) is 69.9 Å². The Morgan fingerprint density at radius 1 is 0.842 bits per heavy atom. The molecule has 0 unspecified atom stereocenters. The van der Waals surface area contributed by atoms with Crippen molar-refractivity contribution in [2.24, 2.45) is 0 Å². The number of carbonyl (C=O) groups excluding carboxylic acids is 2. The third kappa shape index (κ3) is 5.94. The second-order valence-electron chi connectivity index (χ2n) is 9.77. The maximum Gasteiger partial charge on any atom is 0.258 e. The summed E-state index contributed by atoms with van der Waals surface area (Å²) in [6, 6.07) is 29.7. The third-order valence-corrected chi connectivity index (χ3v) is 7.17.